The summed E-state index contributed by atoms with van der Waals surface area (Å²) in [5, 5.41) is 11.7. The van der Waals surface area contributed by atoms with Crippen molar-refractivity contribution in [2.45, 2.75) is 84.3 Å². The van der Waals surface area contributed by atoms with E-state index in [1.54, 1.807) is 51.0 Å². The summed E-state index contributed by atoms with van der Waals surface area (Å²) in [6.45, 7) is 9.16. The molecule has 0 aliphatic carbocycles. The number of ether oxygens (including phenoxy) is 3. The van der Waals surface area contributed by atoms with Crippen LogP contribution in [-0.2, 0) is 20.9 Å². The molecule has 1 unspecified atom stereocenters. The van der Waals surface area contributed by atoms with Crippen LogP contribution in [0.4, 0.5) is 4.79 Å². The number of nitrogens with zero attached hydrogens (tertiary/aromatic N) is 2. The highest BCUT2D eigenvalue weighted by Gasteiger charge is 2.30. The molecule has 1 heterocycles. The van der Waals surface area contributed by atoms with Crippen molar-refractivity contribution in [3.8, 4) is 11.5 Å². The maximum absolute atomic E-state index is 13.7. The molecule has 2 aromatic carbocycles. The number of carbonyl (C=O) groups excluding carboxylic acids is 3. The van der Waals surface area contributed by atoms with Crippen molar-refractivity contribution in [3.63, 3.8) is 0 Å². The van der Waals surface area contributed by atoms with E-state index >= 15 is 0 Å². The number of aliphatic carboxylic acids is 1. The van der Waals surface area contributed by atoms with Crippen LogP contribution in [0.5, 0.6) is 11.5 Å². The van der Waals surface area contributed by atoms with E-state index in [1.165, 1.54) is 4.90 Å². The smallest absolute Gasteiger partial charge is 0.411 e. The SMILES string of the molecule is CCOc1cc(OC)ccc1CN(CC(=O)N1CCCC(c2cccc(C(=O)NCCCCCC(=O)O)c2)C1)C(=O)OC(C)(C)C. The van der Waals surface area contributed by atoms with Gasteiger partial charge in [0, 0.05) is 49.2 Å². The molecule has 11 heteroatoms. The number of benzene rings is 2. The topological polar surface area (TPSA) is 135 Å². The predicted molar refractivity (Wildman–Crippen MR) is 174 cm³/mol. The Bertz CT molecular complexity index is 1340. The summed E-state index contributed by atoms with van der Waals surface area (Å²) < 4.78 is 16.8. The molecule has 1 aliphatic heterocycles. The number of rotatable bonds is 15. The highest BCUT2D eigenvalue weighted by molar-refractivity contribution is 5.94. The summed E-state index contributed by atoms with van der Waals surface area (Å²) in [7, 11) is 1.57. The monoisotopic (exact) mass is 639 g/mol. The Kier molecular flexibility index (Phi) is 13.7. The molecule has 1 aliphatic rings. The van der Waals surface area contributed by atoms with Gasteiger partial charge in [-0.1, -0.05) is 18.6 Å². The Morgan fingerprint density at radius 1 is 1.07 bits per heavy atom. The first-order chi connectivity index (χ1) is 21.9. The number of likely N-dealkylation sites (tertiary alicyclic amines) is 1. The van der Waals surface area contributed by atoms with E-state index in [2.05, 4.69) is 5.32 Å². The third-order valence-electron chi connectivity index (χ3n) is 7.66. The van der Waals surface area contributed by atoms with E-state index in [4.69, 9.17) is 19.3 Å². The zero-order chi connectivity index (χ0) is 33.7. The molecule has 0 bridgehead atoms. The highest BCUT2D eigenvalue weighted by Crippen LogP contribution is 2.29. The van der Waals surface area contributed by atoms with E-state index in [-0.39, 0.29) is 37.2 Å². The summed E-state index contributed by atoms with van der Waals surface area (Å²) in [5.74, 6) is 0.0704. The van der Waals surface area contributed by atoms with Gasteiger partial charge in [-0.2, -0.15) is 0 Å². The maximum atomic E-state index is 13.7. The van der Waals surface area contributed by atoms with E-state index in [0.29, 0.717) is 56.1 Å². The van der Waals surface area contributed by atoms with Crippen LogP contribution in [0.25, 0.3) is 0 Å². The van der Waals surface area contributed by atoms with Crippen LogP contribution in [-0.4, -0.2) is 84.3 Å². The maximum Gasteiger partial charge on any atom is 0.411 e. The number of piperidine rings is 1. The quantitative estimate of drug-likeness (QED) is 0.240. The zero-order valence-corrected chi connectivity index (χ0v) is 27.8. The third kappa shape index (κ3) is 11.6. The van der Waals surface area contributed by atoms with E-state index in [0.717, 1.165) is 30.4 Å². The first-order valence-corrected chi connectivity index (χ1v) is 16.1. The Morgan fingerprint density at radius 3 is 2.54 bits per heavy atom. The fourth-order valence-corrected chi connectivity index (χ4v) is 5.35. The van der Waals surface area contributed by atoms with Crippen LogP contribution in [0, 0.1) is 0 Å². The Morgan fingerprint density at radius 2 is 1.85 bits per heavy atom. The van der Waals surface area contributed by atoms with E-state index < -0.39 is 17.7 Å². The minimum absolute atomic E-state index is 0.0441. The lowest BCUT2D eigenvalue weighted by atomic mass is 9.89. The minimum Gasteiger partial charge on any atom is -0.497 e. The van der Waals surface area contributed by atoms with Crippen LogP contribution < -0.4 is 14.8 Å². The Balaban J connectivity index is 1.68. The number of hydrogen-bond acceptors (Lipinski definition) is 7. The standard InChI is InChI=1S/C35H49N3O8/c1-6-45-30-21-29(44-5)17-16-28(30)23-38(34(43)46-35(2,3)4)24-31(39)37-19-11-14-27(22-37)25-12-10-13-26(20-25)33(42)36-18-9-7-8-15-32(40)41/h10,12-13,16-17,20-21,27H,6-9,11,14-15,18-19,22-24H2,1-5H3,(H,36,42)(H,40,41). The van der Waals surface area contributed by atoms with Crippen molar-refractivity contribution >= 4 is 23.9 Å². The molecule has 11 nitrogen and oxygen atoms in total. The largest absolute Gasteiger partial charge is 0.497 e. The summed E-state index contributed by atoms with van der Waals surface area (Å²) in [4.78, 5) is 53.7. The second-order valence-electron chi connectivity index (χ2n) is 12.5. The second-order valence-corrected chi connectivity index (χ2v) is 12.5. The minimum atomic E-state index is -0.811. The van der Waals surface area contributed by atoms with Crippen molar-refractivity contribution in [1.82, 2.24) is 15.1 Å². The van der Waals surface area contributed by atoms with Gasteiger partial charge in [0.15, 0.2) is 0 Å². The van der Waals surface area contributed by atoms with Crippen molar-refractivity contribution in [3.05, 3.63) is 59.2 Å². The average molecular weight is 640 g/mol. The molecule has 3 rings (SSSR count). The van der Waals surface area contributed by atoms with Gasteiger partial charge in [0.2, 0.25) is 5.91 Å². The van der Waals surface area contributed by atoms with Gasteiger partial charge in [-0.25, -0.2) is 4.79 Å². The molecule has 0 aromatic heterocycles. The zero-order valence-electron chi connectivity index (χ0n) is 27.8. The lowest BCUT2D eigenvalue weighted by Crippen LogP contribution is -2.47. The van der Waals surface area contributed by atoms with Crippen molar-refractivity contribution in [1.29, 1.82) is 0 Å². The van der Waals surface area contributed by atoms with Gasteiger partial charge in [-0.15, -0.1) is 0 Å². The first kappa shape index (κ1) is 36.2. The molecule has 0 spiro atoms. The molecule has 252 valence electrons. The van der Waals surface area contributed by atoms with Gasteiger partial charge in [0.25, 0.3) is 5.91 Å². The molecule has 2 aromatic rings. The molecule has 0 saturated carbocycles. The fourth-order valence-electron chi connectivity index (χ4n) is 5.35. The molecular weight excluding hydrogens is 590 g/mol. The van der Waals surface area contributed by atoms with Gasteiger partial charge in [0.1, 0.15) is 23.6 Å². The highest BCUT2D eigenvalue weighted by atomic mass is 16.6. The third-order valence-corrected chi connectivity index (χ3v) is 7.66. The van der Waals surface area contributed by atoms with Gasteiger partial charge >= 0.3 is 12.1 Å². The summed E-state index contributed by atoms with van der Waals surface area (Å²) >= 11 is 0. The number of methoxy groups -OCH3 is 1. The number of nitrogens with one attached hydrogen (secondary N) is 1. The number of carboxylic acids is 1. The van der Waals surface area contributed by atoms with Crippen LogP contribution in [0.1, 0.15) is 93.6 Å². The van der Waals surface area contributed by atoms with Crippen molar-refractivity contribution < 1.29 is 38.5 Å². The lowest BCUT2D eigenvalue weighted by molar-refractivity contribution is -0.137. The van der Waals surface area contributed by atoms with Gasteiger partial charge in [0.05, 0.1) is 20.3 Å². The van der Waals surface area contributed by atoms with Crippen LogP contribution in [0.2, 0.25) is 0 Å². The van der Waals surface area contributed by atoms with Crippen LogP contribution >= 0.6 is 0 Å². The molecular formula is C35H49N3O8. The van der Waals surface area contributed by atoms with Crippen LogP contribution in [0.3, 0.4) is 0 Å². The summed E-state index contributed by atoms with van der Waals surface area (Å²) in [6, 6.07) is 12.9. The number of carboxylic acid groups (broad SMARTS) is 1. The Hall–Kier alpha value is -4.28. The normalized spacial score (nSPS) is 14.7. The molecule has 3 amide bonds. The first-order valence-electron chi connectivity index (χ1n) is 16.1. The van der Waals surface area contributed by atoms with Gasteiger partial charge in [-0.3, -0.25) is 19.3 Å². The number of carbonyl (C=O) groups is 4. The second kappa shape index (κ2) is 17.4. The molecule has 2 N–H and O–H groups in total. The van der Waals surface area contributed by atoms with Gasteiger partial charge in [-0.05, 0) is 83.2 Å². The summed E-state index contributed by atoms with van der Waals surface area (Å²) in [5.41, 5.74) is 1.52. The molecule has 1 fully saturated rings. The summed E-state index contributed by atoms with van der Waals surface area (Å²) in [6.07, 6.45) is 3.24. The predicted octanol–water partition coefficient (Wildman–Crippen LogP) is 5.61. The van der Waals surface area contributed by atoms with Crippen LogP contribution in [0.15, 0.2) is 42.5 Å². The number of hydrogen-bond donors (Lipinski definition) is 2. The average Bonchev–Trinajstić information content (AvgIpc) is 3.02. The van der Waals surface area contributed by atoms with Crippen molar-refractivity contribution in [2.75, 3.05) is 39.9 Å². The molecule has 46 heavy (non-hydrogen) atoms. The van der Waals surface area contributed by atoms with E-state index in [1.807, 2.05) is 31.2 Å². The molecule has 1 atom stereocenters. The fraction of sp³-hybridized carbons (Fsp3) is 0.543. The van der Waals surface area contributed by atoms with E-state index in [9.17, 15) is 19.2 Å². The molecule has 1 saturated heterocycles. The van der Waals surface area contributed by atoms with Crippen molar-refractivity contribution in [2.24, 2.45) is 0 Å². The Labute approximate surface area is 272 Å². The molecule has 0 radical (unpaired) electrons. The lowest BCUT2D eigenvalue weighted by Gasteiger charge is -2.35. The van der Waals surface area contributed by atoms with Gasteiger partial charge < -0.3 is 29.5 Å². The number of unbranched alkanes of at least 4 members (excludes halogenated alkanes) is 2. The number of amides is 3.